The highest BCUT2D eigenvalue weighted by Crippen LogP contribution is 2.15. The molecule has 0 fully saturated rings. The van der Waals surface area contributed by atoms with Crippen LogP contribution in [0.25, 0.3) is 0 Å². The molecule has 0 aliphatic carbocycles. The van der Waals surface area contributed by atoms with Crippen molar-refractivity contribution in [3.63, 3.8) is 0 Å². The molecular weight excluding hydrogens is 268 g/mol. The number of pyridine rings is 1. The van der Waals surface area contributed by atoms with Crippen molar-refractivity contribution in [1.29, 1.82) is 0 Å². The van der Waals surface area contributed by atoms with E-state index in [-0.39, 0.29) is 10.8 Å². The monoisotopic (exact) mass is 282 g/mol. The molecule has 19 heavy (non-hydrogen) atoms. The summed E-state index contributed by atoms with van der Waals surface area (Å²) in [5.74, 6) is 0.658. The number of aryl methyl sites for hydroxylation is 1. The lowest BCUT2D eigenvalue weighted by Crippen LogP contribution is -2.16. The number of hydrogen-bond donors (Lipinski definition) is 2. The van der Waals surface area contributed by atoms with Gasteiger partial charge in [0.15, 0.2) is 0 Å². The predicted octanol–water partition coefficient (Wildman–Crippen LogP) is 0.443. The summed E-state index contributed by atoms with van der Waals surface area (Å²) in [6.45, 7) is 2.56. The third-order valence-corrected chi connectivity index (χ3v) is 3.66. The summed E-state index contributed by atoms with van der Waals surface area (Å²) in [7, 11) is -2.10. The summed E-state index contributed by atoms with van der Waals surface area (Å²) in [6.07, 6.45) is 2.71. The molecule has 9 heteroatoms. The first-order valence-corrected chi connectivity index (χ1v) is 7.08. The number of anilines is 2. The van der Waals surface area contributed by atoms with Gasteiger partial charge in [0.1, 0.15) is 12.1 Å². The minimum Gasteiger partial charge on any atom is -0.370 e. The Labute approximate surface area is 110 Å². The van der Waals surface area contributed by atoms with Crippen molar-refractivity contribution in [2.75, 3.05) is 16.6 Å². The van der Waals surface area contributed by atoms with Crippen molar-refractivity contribution < 1.29 is 8.42 Å². The van der Waals surface area contributed by atoms with E-state index in [0.29, 0.717) is 12.4 Å². The van der Waals surface area contributed by atoms with Gasteiger partial charge in [0.2, 0.25) is 5.95 Å². The summed E-state index contributed by atoms with van der Waals surface area (Å²) in [5.41, 5.74) is 0. The third kappa shape index (κ3) is 2.99. The Balaban J connectivity index is 2.29. The smallest absolute Gasteiger partial charge is 0.264 e. The lowest BCUT2D eigenvalue weighted by Gasteiger charge is -2.08. The molecule has 0 aliphatic rings. The van der Waals surface area contributed by atoms with Gasteiger partial charge in [-0.05, 0) is 13.0 Å². The van der Waals surface area contributed by atoms with E-state index in [1.165, 1.54) is 29.3 Å². The van der Waals surface area contributed by atoms with Crippen molar-refractivity contribution in [3.05, 3.63) is 24.7 Å². The van der Waals surface area contributed by atoms with Crippen LogP contribution in [0.3, 0.4) is 0 Å². The average Bonchev–Trinajstić information content (AvgIpc) is 2.75. The van der Waals surface area contributed by atoms with Crippen molar-refractivity contribution >= 4 is 21.8 Å². The highest BCUT2D eigenvalue weighted by atomic mass is 32.2. The summed E-state index contributed by atoms with van der Waals surface area (Å²) in [6, 6.07) is 2.88. The van der Waals surface area contributed by atoms with Crippen LogP contribution in [0.4, 0.5) is 11.8 Å². The largest absolute Gasteiger partial charge is 0.370 e. The zero-order valence-corrected chi connectivity index (χ0v) is 11.3. The van der Waals surface area contributed by atoms with Gasteiger partial charge in [-0.15, -0.1) is 0 Å². The molecule has 0 atom stereocenters. The molecule has 0 aliphatic heterocycles. The Kier molecular flexibility index (Phi) is 3.65. The number of sulfonamides is 1. The maximum absolute atomic E-state index is 12.2. The van der Waals surface area contributed by atoms with Crippen LogP contribution in [0.15, 0.2) is 29.6 Å². The van der Waals surface area contributed by atoms with E-state index >= 15 is 0 Å². The van der Waals surface area contributed by atoms with Crippen molar-refractivity contribution in [1.82, 2.24) is 19.7 Å². The Morgan fingerprint density at radius 3 is 2.79 bits per heavy atom. The molecule has 0 saturated heterocycles. The fourth-order valence-electron chi connectivity index (χ4n) is 1.42. The number of aromatic nitrogens is 4. The SMILES string of the molecule is CCNc1cc(S(=O)(=O)Nc2ncnn2C)ccn1. The van der Waals surface area contributed by atoms with Gasteiger partial charge >= 0.3 is 0 Å². The van der Waals surface area contributed by atoms with E-state index < -0.39 is 10.0 Å². The zero-order valence-electron chi connectivity index (χ0n) is 10.5. The molecule has 2 aromatic rings. The normalized spacial score (nSPS) is 11.3. The lowest BCUT2D eigenvalue weighted by molar-refractivity contribution is 0.600. The van der Waals surface area contributed by atoms with Gasteiger partial charge in [0.05, 0.1) is 4.90 Å². The average molecular weight is 282 g/mol. The molecule has 102 valence electrons. The Hall–Kier alpha value is -2.16. The van der Waals surface area contributed by atoms with Crippen molar-refractivity contribution in [2.24, 2.45) is 7.05 Å². The lowest BCUT2D eigenvalue weighted by atomic mass is 10.4. The van der Waals surface area contributed by atoms with Crippen LogP contribution in [-0.2, 0) is 17.1 Å². The van der Waals surface area contributed by atoms with Gasteiger partial charge in [-0.1, -0.05) is 0 Å². The van der Waals surface area contributed by atoms with Gasteiger partial charge in [-0.25, -0.2) is 22.8 Å². The Morgan fingerprint density at radius 2 is 2.16 bits per heavy atom. The second-order valence-corrected chi connectivity index (χ2v) is 5.40. The minimum atomic E-state index is -3.70. The van der Waals surface area contributed by atoms with Gasteiger partial charge in [0.25, 0.3) is 10.0 Å². The van der Waals surface area contributed by atoms with Crippen LogP contribution in [0.1, 0.15) is 6.92 Å². The molecule has 0 spiro atoms. The molecule has 2 heterocycles. The molecule has 2 N–H and O–H groups in total. The molecule has 0 bridgehead atoms. The Morgan fingerprint density at radius 1 is 1.37 bits per heavy atom. The first-order chi connectivity index (χ1) is 9.03. The van der Waals surface area contributed by atoms with Crippen LogP contribution < -0.4 is 10.0 Å². The second kappa shape index (κ2) is 5.22. The number of nitrogens with one attached hydrogen (secondary N) is 2. The second-order valence-electron chi connectivity index (χ2n) is 3.72. The van der Waals surface area contributed by atoms with Gasteiger partial charge < -0.3 is 5.32 Å². The molecule has 2 aromatic heterocycles. The molecule has 0 radical (unpaired) electrons. The van der Waals surface area contributed by atoms with Crippen LogP contribution in [0.2, 0.25) is 0 Å². The molecule has 0 unspecified atom stereocenters. The summed E-state index contributed by atoms with van der Waals surface area (Å²) >= 11 is 0. The van der Waals surface area contributed by atoms with Crippen LogP contribution >= 0.6 is 0 Å². The standard InChI is InChI=1S/C10H14N6O2S/c1-3-11-9-6-8(4-5-12-9)19(17,18)15-10-13-7-14-16(10)2/h4-7H,3H2,1-2H3,(H,11,12)(H,13,14,15). The van der Waals surface area contributed by atoms with Crippen molar-refractivity contribution in [2.45, 2.75) is 11.8 Å². The van der Waals surface area contributed by atoms with Gasteiger partial charge in [-0.2, -0.15) is 10.1 Å². The topological polar surface area (TPSA) is 102 Å². The van der Waals surface area contributed by atoms with Crippen LogP contribution in [-0.4, -0.2) is 34.7 Å². The molecule has 0 saturated carbocycles. The van der Waals surface area contributed by atoms with Gasteiger partial charge in [-0.3, -0.25) is 0 Å². The zero-order chi connectivity index (χ0) is 13.9. The molecule has 0 aromatic carbocycles. The highest BCUT2D eigenvalue weighted by molar-refractivity contribution is 7.92. The fourth-order valence-corrected chi connectivity index (χ4v) is 2.47. The minimum absolute atomic E-state index is 0.112. The molecule has 0 amide bonds. The maximum atomic E-state index is 12.2. The molecule has 2 rings (SSSR count). The first kappa shape index (κ1) is 13.3. The number of hydrogen-bond acceptors (Lipinski definition) is 6. The summed E-state index contributed by atoms with van der Waals surface area (Å²) in [4.78, 5) is 7.95. The van der Waals surface area contributed by atoms with E-state index in [2.05, 4.69) is 25.1 Å². The van der Waals surface area contributed by atoms with Gasteiger partial charge in [0, 0.05) is 25.9 Å². The summed E-state index contributed by atoms with van der Waals surface area (Å²) < 4.78 is 28.0. The number of rotatable bonds is 5. The third-order valence-electron chi connectivity index (χ3n) is 2.34. The molecule has 8 nitrogen and oxygen atoms in total. The predicted molar refractivity (Wildman–Crippen MR) is 70.2 cm³/mol. The van der Waals surface area contributed by atoms with E-state index in [4.69, 9.17) is 0 Å². The van der Waals surface area contributed by atoms with Crippen LogP contribution in [0, 0.1) is 0 Å². The molecular formula is C10H14N6O2S. The van der Waals surface area contributed by atoms with Crippen molar-refractivity contribution in [3.8, 4) is 0 Å². The van der Waals surface area contributed by atoms with Crippen LogP contribution in [0.5, 0.6) is 0 Å². The fraction of sp³-hybridized carbons (Fsp3) is 0.300. The van der Waals surface area contributed by atoms with E-state index in [1.54, 1.807) is 7.05 Å². The highest BCUT2D eigenvalue weighted by Gasteiger charge is 2.17. The quantitative estimate of drug-likeness (QED) is 0.825. The van der Waals surface area contributed by atoms with E-state index in [0.717, 1.165) is 0 Å². The summed E-state index contributed by atoms with van der Waals surface area (Å²) in [5, 5.41) is 6.75. The Bertz CT molecular complexity index is 666. The number of nitrogens with zero attached hydrogens (tertiary/aromatic N) is 4. The van der Waals surface area contributed by atoms with E-state index in [1.807, 2.05) is 6.92 Å². The maximum Gasteiger partial charge on any atom is 0.264 e. The van der Waals surface area contributed by atoms with E-state index in [9.17, 15) is 8.42 Å². The first-order valence-electron chi connectivity index (χ1n) is 5.59.